The van der Waals surface area contributed by atoms with Gasteiger partial charge in [-0.3, -0.25) is 4.90 Å². The Hall–Kier alpha value is -2.72. The van der Waals surface area contributed by atoms with Crippen molar-refractivity contribution >= 4 is 5.82 Å². The molecule has 0 bridgehead atoms. The van der Waals surface area contributed by atoms with Gasteiger partial charge in [0.05, 0.1) is 5.82 Å². The molecule has 1 aromatic carbocycles. The summed E-state index contributed by atoms with van der Waals surface area (Å²) in [5, 5.41) is 3.25. The average molecular weight is 388 g/mol. The quantitative estimate of drug-likeness (QED) is 0.839. The first-order valence-electron chi connectivity index (χ1n) is 9.09. The summed E-state index contributed by atoms with van der Waals surface area (Å²) in [5.74, 6) is 1.54. The molecule has 2 heterocycles. The molecule has 0 radical (unpaired) electrons. The zero-order chi connectivity index (χ0) is 20.3. The van der Waals surface area contributed by atoms with Crippen molar-refractivity contribution in [3.63, 3.8) is 0 Å². The Labute approximate surface area is 163 Å². The molecule has 7 heteroatoms. The van der Waals surface area contributed by atoms with E-state index in [-0.39, 0.29) is 0 Å². The second-order valence-corrected chi connectivity index (χ2v) is 7.05. The highest BCUT2D eigenvalue weighted by molar-refractivity contribution is 5.43. The topological polar surface area (TPSA) is 31.4 Å². The second-order valence-electron chi connectivity index (χ2n) is 7.05. The number of alkyl halides is 3. The number of anilines is 1. The number of pyridine rings is 1. The van der Waals surface area contributed by atoms with Crippen LogP contribution in [0.4, 0.5) is 19.0 Å². The number of nitrogens with zero attached hydrogens (tertiary/aromatic N) is 3. The van der Waals surface area contributed by atoms with Crippen molar-refractivity contribution in [3.05, 3.63) is 71.2 Å². The van der Waals surface area contributed by atoms with Crippen molar-refractivity contribution in [2.24, 2.45) is 0 Å². The first-order valence-corrected chi connectivity index (χ1v) is 9.09. The normalized spacial score (nSPS) is 15.2. The Kier molecular flexibility index (Phi) is 5.80. The first-order chi connectivity index (χ1) is 13.2. The van der Waals surface area contributed by atoms with Gasteiger partial charge in [0.15, 0.2) is 0 Å². The number of piperazine rings is 1. The lowest BCUT2D eigenvalue weighted by atomic mass is 10.1. The predicted molar refractivity (Wildman–Crippen MR) is 102 cm³/mol. The van der Waals surface area contributed by atoms with E-state index < -0.39 is 11.7 Å². The van der Waals surface area contributed by atoms with Crippen LogP contribution in [0.2, 0.25) is 0 Å². The largest absolute Gasteiger partial charge is 0.424 e. The maximum atomic E-state index is 12.8. The third kappa shape index (κ3) is 5.17. The summed E-state index contributed by atoms with van der Waals surface area (Å²) in [6.45, 7) is 11.5. The number of aromatic nitrogens is 1. The summed E-state index contributed by atoms with van der Waals surface area (Å²) >= 11 is 0. The molecule has 0 saturated carbocycles. The van der Waals surface area contributed by atoms with E-state index in [9.17, 15) is 13.2 Å². The third-order valence-electron chi connectivity index (χ3n) is 4.63. The number of hydrogen-bond donors (Lipinski definition) is 1. The van der Waals surface area contributed by atoms with E-state index >= 15 is 0 Å². The van der Waals surface area contributed by atoms with Crippen LogP contribution in [0.3, 0.4) is 0 Å². The van der Waals surface area contributed by atoms with Crippen LogP contribution in [0.1, 0.15) is 22.4 Å². The number of nitrogens with one attached hydrogen (secondary N) is 1. The molecule has 0 spiro atoms. The molecule has 0 unspecified atom stereocenters. The van der Waals surface area contributed by atoms with Gasteiger partial charge in [0.25, 0.3) is 0 Å². The van der Waals surface area contributed by atoms with Gasteiger partial charge in [0.1, 0.15) is 11.4 Å². The molecule has 1 N–H and O–H groups in total. The monoisotopic (exact) mass is 388 g/mol. The fourth-order valence-electron chi connectivity index (χ4n) is 3.28. The molecule has 1 saturated heterocycles. The van der Waals surface area contributed by atoms with Crippen molar-refractivity contribution in [2.75, 3.05) is 31.5 Å². The van der Waals surface area contributed by atoms with E-state index in [0.29, 0.717) is 12.1 Å². The zero-order valence-corrected chi connectivity index (χ0v) is 16.0. The molecule has 1 aromatic heterocycles. The highest BCUT2D eigenvalue weighted by Gasteiger charge is 2.31. The molecular formula is C21H23F3N4. The van der Waals surface area contributed by atoms with Gasteiger partial charge in [0, 0.05) is 38.4 Å². The number of aryl methyl sites for hydroxylation is 2. The van der Waals surface area contributed by atoms with E-state index in [1.807, 2.05) is 26.0 Å². The van der Waals surface area contributed by atoms with Crippen LogP contribution in [0.15, 0.2) is 36.7 Å². The van der Waals surface area contributed by atoms with Gasteiger partial charge in [0.2, 0.25) is 0 Å². The number of rotatable bonds is 5. The third-order valence-corrected chi connectivity index (χ3v) is 4.63. The molecule has 28 heavy (non-hydrogen) atoms. The molecule has 3 rings (SSSR count). The molecule has 2 aromatic rings. The van der Waals surface area contributed by atoms with Crippen molar-refractivity contribution in [2.45, 2.75) is 26.6 Å². The van der Waals surface area contributed by atoms with E-state index in [0.717, 1.165) is 55.1 Å². The highest BCUT2D eigenvalue weighted by atomic mass is 19.4. The average Bonchev–Trinajstić information content (AvgIpc) is 2.61. The van der Waals surface area contributed by atoms with Gasteiger partial charge < -0.3 is 10.2 Å². The standard InChI is InChI=1S/C21H23F3N4/c1-15-11-16(2)25-20(12-15)26-17(3)28-9-7-27(8-10-28)14-18-5-4-6-19(13-18)21(22,23)24/h5,11-13H,3,7-10,14H2,1-2H3,(H,25,26). The number of halogens is 3. The summed E-state index contributed by atoms with van der Waals surface area (Å²) in [5.41, 5.74) is 1.89. The van der Waals surface area contributed by atoms with E-state index in [4.69, 9.17) is 0 Å². The van der Waals surface area contributed by atoms with Crippen LogP contribution in [0.5, 0.6) is 0 Å². The van der Waals surface area contributed by atoms with E-state index in [1.165, 1.54) is 0 Å². The summed E-state index contributed by atoms with van der Waals surface area (Å²) in [6.07, 6.45) is -4.39. The highest BCUT2D eigenvalue weighted by Crippen LogP contribution is 2.28. The van der Waals surface area contributed by atoms with E-state index in [1.54, 1.807) is 6.07 Å². The van der Waals surface area contributed by atoms with Gasteiger partial charge in [-0.1, -0.05) is 18.7 Å². The van der Waals surface area contributed by atoms with Gasteiger partial charge >= 0.3 is 6.18 Å². The van der Waals surface area contributed by atoms with Crippen molar-refractivity contribution in [3.8, 4) is 0 Å². The zero-order valence-electron chi connectivity index (χ0n) is 16.0. The molecule has 0 atom stereocenters. The van der Waals surface area contributed by atoms with Crippen LogP contribution < -0.4 is 5.32 Å². The lowest BCUT2D eigenvalue weighted by molar-refractivity contribution is -0.137. The van der Waals surface area contributed by atoms with Crippen molar-refractivity contribution in [1.29, 1.82) is 0 Å². The minimum absolute atomic E-state index is 0.459. The van der Waals surface area contributed by atoms with Gasteiger partial charge in [-0.25, -0.2) is 4.98 Å². The lowest BCUT2D eigenvalue weighted by Gasteiger charge is -2.37. The predicted octanol–water partition coefficient (Wildman–Crippen LogP) is 4.02. The molecule has 0 aliphatic carbocycles. The summed E-state index contributed by atoms with van der Waals surface area (Å²) in [7, 11) is 0. The van der Waals surface area contributed by atoms with Crippen LogP contribution in [0.25, 0.3) is 0 Å². The Bertz CT molecular complexity index is 820. The van der Waals surface area contributed by atoms with Crippen LogP contribution >= 0.6 is 0 Å². The minimum atomic E-state index is -4.39. The maximum Gasteiger partial charge on any atom is 0.424 e. The summed E-state index contributed by atoms with van der Waals surface area (Å²) in [4.78, 5) is 8.71. The fourth-order valence-corrected chi connectivity index (χ4v) is 3.28. The SMILES string of the molecule is C=C(Nc1cc(C)cc(C)n1)N1CCN(Cc2cc#cc(C(F)(F)F)c2)CC1. The lowest BCUT2D eigenvalue weighted by Crippen LogP contribution is -2.46. The van der Waals surface area contributed by atoms with Gasteiger partial charge in [-0.2, -0.15) is 13.2 Å². The molecule has 0 amide bonds. The number of hydrogen-bond acceptors (Lipinski definition) is 4. The molecular weight excluding hydrogens is 365 g/mol. The van der Waals surface area contributed by atoms with Gasteiger partial charge in [-0.05, 0) is 49.2 Å². The maximum absolute atomic E-state index is 12.8. The Balaban J connectivity index is 1.53. The second kappa shape index (κ2) is 8.11. The minimum Gasteiger partial charge on any atom is -0.356 e. The molecule has 148 valence electrons. The summed E-state index contributed by atoms with van der Waals surface area (Å²) < 4.78 is 38.5. The molecule has 4 nitrogen and oxygen atoms in total. The van der Waals surface area contributed by atoms with Crippen LogP contribution in [-0.4, -0.2) is 41.0 Å². The smallest absolute Gasteiger partial charge is 0.356 e. The Morgan fingerprint density at radius 1 is 1.18 bits per heavy atom. The van der Waals surface area contributed by atoms with Crippen molar-refractivity contribution < 1.29 is 13.2 Å². The summed E-state index contributed by atoms with van der Waals surface area (Å²) in [6, 6.07) is 11.3. The van der Waals surface area contributed by atoms with Crippen LogP contribution in [0, 0.1) is 26.0 Å². The molecule has 1 fully saturated rings. The van der Waals surface area contributed by atoms with Gasteiger partial charge in [-0.15, -0.1) is 0 Å². The van der Waals surface area contributed by atoms with E-state index in [2.05, 4.69) is 38.8 Å². The Morgan fingerprint density at radius 2 is 1.89 bits per heavy atom. The first kappa shape index (κ1) is 20.0. The molecule has 1 aliphatic rings. The molecule has 1 aliphatic heterocycles. The Morgan fingerprint density at radius 3 is 2.54 bits per heavy atom. The van der Waals surface area contributed by atoms with Crippen LogP contribution in [-0.2, 0) is 12.7 Å². The van der Waals surface area contributed by atoms with Crippen molar-refractivity contribution in [1.82, 2.24) is 14.8 Å². The fraction of sp³-hybridized carbons (Fsp3) is 0.381.